The number of hydrogen-bond acceptors (Lipinski definition) is 3. The van der Waals surface area contributed by atoms with E-state index in [-0.39, 0.29) is 30.2 Å². The monoisotopic (exact) mass is 380 g/mol. The van der Waals surface area contributed by atoms with Crippen LogP contribution in [0.5, 0.6) is 0 Å². The number of rotatable bonds is 5. The summed E-state index contributed by atoms with van der Waals surface area (Å²) in [6.07, 6.45) is 1.38. The summed E-state index contributed by atoms with van der Waals surface area (Å²) in [5.41, 5.74) is 0.586. The molecule has 0 spiro atoms. The standard InChI is InChI=1S/C19H22F2N2O4/c1-22(10-17(24)23-6-4-11(5-7-23)19(26)27)18(25)14-9-13(14)12-2-3-15(20)16(21)8-12/h2-3,8,11,13-14H,4-7,9-10H2,1H3,(H,26,27). The lowest BCUT2D eigenvalue weighted by Gasteiger charge is -2.31. The summed E-state index contributed by atoms with van der Waals surface area (Å²) in [4.78, 5) is 38.8. The summed E-state index contributed by atoms with van der Waals surface area (Å²) in [5, 5.41) is 9.00. The fourth-order valence-electron chi connectivity index (χ4n) is 3.62. The Labute approximate surface area is 155 Å². The zero-order chi connectivity index (χ0) is 19.7. The number of carboxylic acid groups (broad SMARTS) is 1. The Kier molecular flexibility index (Phi) is 5.43. The van der Waals surface area contributed by atoms with Crippen molar-refractivity contribution in [2.45, 2.75) is 25.2 Å². The van der Waals surface area contributed by atoms with E-state index in [1.807, 2.05) is 0 Å². The third kappa shape index (κ3) is 4.26. The van der Waals surface area contributed by atoms with Gasteiger partial charge in [-0.3, -0.25) is 14.4 Å². The highest BCUT2D eigenvalue weighted by atomic mass is 19.2. The van der Waals surface area contributed by atoms with Gasteiger partial charge in [0.2, 0.25) is 11.8 Å². The van der Waals surface area contributed by atoms with Gasteiger partial charge in [-0.25, -0.2) is 8.78 Å². The quantitative estimate of drug-likeness (QED) is 0.846. The summed E-state index contributed by atoms with van der Waals surface area (Å²) in [7, 11) is 1.55. The van der Waals surface area contributed by atoms with Crippen LogP contribution in [0.4, 0.5) is 8.78 Å². The highest BCUT2D eigenvalue weighted by molar-refractivity contribution is 5.88. The molecular formula is C19H22F2N2O4. The first-order valence-electron chi connectivity index (χ1n) is 8.98. The number of amides is 2. The predicted octanol–water partition coefficient (Wildman–Crippen LogP) is 1.85. The minimum Gasteiger partial charge on any atom is -0.481 e. The van der Waals surface area contributed by atoms with E-state index in [9.17, 15) is 23.2 Å². The van der Waals surface area contributed by atoms with Crippen LogP contribution in [0.2, 0.25) is 0 Å². The lowest BCUT2D eigenvalue weighted by atomic mass is 9.97. The van der Waals surface area contributed by atoms with Gasteiger partial charge < -0.3 is 14.9 Å². The SMILES string of the molecule is CN(CC(=O)N1CCC(C(=O)O)CC1)C(=O)C1CC1c1ccc(F)c(F)c1. The van der Waals surface area contributed by atoms with Crippen LogP contribution in [0.3, 0.4) is 0 Å². The fourth-order valence-corrected chi connectivity index (χ4v) is 3.62. The van der Waals surface area contributed by atoms with Crippen molar-refractivity contribution in [3.8, 4) is 0 Å². The fraction of sp³-hybridized carbons (Fsp3) is 0.526. The van der Waals surface area contributed by atoms with Gasteiger partial charge in [0, 0.05) is 26.1 Å². The van der Waals surface area contributed by atoms with Crippen LogP contribution in [0.25, 0.3) is 0 Å². The van der Waals surface area contributed by atoms with Crippen molar-refractivity contribution < 1.29 is 28.3 Å². The van der Waals surface area contributed by atoms with Gasteiger partial charge in [-0.15, -0.1) is 0 Å². The normalized spacial score (nSPS) is 22.4. The maximum atomic E-state index is 13.4. The molecule has 2 aliphatic rings. The molecule has 1 aromatic carbocycles. The number of halogens is 2. The van der Waals surface area contributed by atoms with Gasteiger partial charge in [-0.2, -0.15) is 0 Å². The van der Waals surface area contributed by atoms with E-state index in [0.717, 1.165) is 12.1 Å². The van der Waals surface area contributed by atoms with Crippen molar-refractivity contribution in [2.24, 2.45) is 11.8 Å². The Morgan fingerprint density at radius 3 is 2.44 bits per heavy atom. The van der Waals surface area contributed by atoms with Crippen LogP contribution < -0.4 is 0 Å². The highest BCUT2D eigenvalue weighted by Gasteiger charge is 2.45. The van der Waals surface area contributed by atoms with Crippen molar-refractivity contribution in [1.82, 2.24) is 9.80 Å². The van der Waals surface area contributed by atoms with Gasteiger partial charge in [0.25, 0.3) is 0 Å². The second kappa shape index (κ2) is 7.62. The topological polar surface area (TPSA) is 77.9 Å². The maximum absolute atomic E-state index is 13.4. The molecule has 0 radical (unpaired) electrons. The molecule has 0 bridgehead atoms. The van der Waals surface area contributed by atoms with E-state index in [1.54, 1.807) is 11.9 Å². The number of carbonyl (C=O) groups excluding carboxylic acids is 2. The third-order valence-electron chi connectivity index (χ3n) is 5.43. The van der Waals surface area contributed by atoms with Crippen molar-refractivity contribution in [3.63, 3.8) is 0 Å². The summed E-state index contributed by atoms with van der Waals surface area (Å²) < 4.78 is 26.4. The summed E-state index contributed by atoms with van der Waals surface area (Å²) in [5.74, 6) is -4.00. The van der Waals surface area contributed by atoms with E-state index in [1.165, 1.54) is 11.0 Å². The number of carboxylic acids is 1. The van der Waals surface area contributed by atoms with Crippen LogP contribution in [0, 0.1) is 23.5 Å². The Morgan fingerprint density at radius 1 is 1.19 bits per heavy atom. The molecule has 6 nitrogen and oxygen atoms in total. The van der Waals surface area contributed by atoms with Gasteiger partial charge in [0.15, 0.2) is 11.6 Å². The van der Waals surface area contributed by atoms with Crippen LogP contribution in [-0.4, -0.2) is 59.4 Å². The van der Waals surface area contributed by atoms with Crippen LogP contribution in [0.15, 0.2) is 18.2 Å². The molecule has 2 unspecified atom stereocenters. The molecule has 146 valence electrons. The molecule has 2 amide bonds. The highest BCUT2D eigenvalue weighted by Crippen LogP contribution is 2.48. The van der Waals surface area contributed by atoms with E-state index < -0.39 is 23.5 Å². The first-order valence-corrected chi connectivity index (χ1v) is 8.98. The van der Waals surface area contributed by atoms with E-state index in [2.05, 4.69) is 0 Å². The summed E-state index contributed by atoms with van der Waals surface area (Å²) in [6.45, 7) is 0.676. The first kappa shape index (κ1) is 19.3. The molecule has 1 saturated carbocycles. The molecule has 1 aliphatic heterocycles. The zero-order valence-corrected chi connectivity index (χ0v) is 15.0. The molecule has 27 heavy (non-hydrogen) atoms. The number of piperidine rings is 1. The van der Waals surface area contributed by atoms with Crippen molar-refractivity contribution in [3.05, 3.63) is 35.4 Å². The molecular weight excluding hydrogens is 358 g/mol. The molecule has 3 rings (SSSR count). The van der Waals surface area contributed by atoms with Crippen LogP contribution >= 0.6 is 0 Å². The molecule has 1 aromatic rings. The average Bonchev–Trinajstić information content (AvgIpc) is 3.44. The number of carbonyl (C=O) groups is 3. The lowest BCUT2D eigenvalue weighted by molar-refractivity contribution is -0.146. The smallest absolute Gasteiger partial charge is 0.306 e. The molecule has 0 aromatic heterocycles. The Bertz CT molecular complexity index is 762. The minimum atomic E-state index is -0.932. The number of aliphatic carboxylic acids is 1. The van der Waals surface area contributed by atoms with Crippen molar-refractivity contribution >= 4 is 17.8 Å². The average molecular weight is 380 g/mol. The molecule has 1 N–H and O–H groups in total. The van der Waals surface area contributed by atoms with E-state index in [4.69, 9.17) is 5.11 Å². The van der Waals surface area contributed by atoms with Gasteiger partial charge in [0.05, 0.1) is 12.5 Å². The molecule has 1 saturated heterocycles. The number of hydrogen-bond donors (Lipinski definition) is 1. The minimum absolute atomic E-state index is 0.0719. The number of likely N-dealkylation sites (N-methyl/N-ethyl adjacent to an activating group) is 1. The van der Waals surface area contributed by atoms with E-state index in [0.29, 0.717) is 37.9 Å². The molecule has 2 fully saturated rings. The largest absolute Gasteiger partial charge is 0.481 e. The first-order chi connectivity index (χ1) is 12.8. The van der Waals surface area contributed by atoms with Gasteiger partial charge >= 0.3 is 5.97 Å². The number of nitrogens with zero attached hydrogens (tertiary/aromatic N) is 2. The van der Waals surface area contributed by atoms with Crippen molar-refractivity contribution in [1.29, 1.82) is 0 Å². The van der Waals surface area contributed by atoms with Crippen LogP contribution in [0.1, 0.15) is 30.7 Å². The second-order valence-corrected chi connectivity index (χ2v) is 7.31. The third-order valence-corrected chi connectivity index (χ3v) is 5.43. The molecule has 2 atom stereocenters. The Hall–Kier alpha value is -2.51. The molecule has 1 aliphatic carbocycles. The maximum Gasteiger partial charge on any atom is 0.306 e. The van der Waals surface area contributed by atoms with Gasteiger partial charge in [-0.1, -0.05) is 6.07 Å². The summed E-state index contributed by atoms with van der Waals surface area (Å²) >= 11 is 0. The molecule has 8 heteroatoms. The lowest BCUT2D eigenvalue weighted by Crippen LogP contribution is -2.45. The summed E-state index contributed by atoms with van der Waals surface area (Å²) in [6, 6.07) is 3.65. The van der Waals surface area contributed by atoms with Crippen LogP contribution in [-0.2, 0) is 14.4 Å². The molecule has 1 heterocycles. The second-order valence-electron chi connectivity index (χ2n) is 7.31. The zero-order valence-electron chi connectivity index (χ0n) is 15.0. The number of likely N-dealkylation sites (tertiary alicyclic amines) is 1. The van der Waals surface area contributed by atoms with Crippen molar-refractivity contribution in [2.75, 3.05) is 26.7 Å². The van der Waals surface area contributed by atoms with Gasteiger partial charge in [-0.05, 0) is 42.9 Å². The predicted molar refractivity (Wildman–Crippen MR) is 91.8 cm³/mol. The van der Waals surface area contributed by atoms with Gasteiger partial charge in [0.1, 0.15) is 0 Å². The Morgan fingerprint density at radius 2 is 1.85 bits per heavy atom. The Balaban J connectivity index is 1.50. The number of benzene rings is 1. The van der Waals surface area contributed by atoms with E-state index >= 15 is 0 Å².